The quantitative estimate of drug-likeness (QED) is 0.625. The van der Waals surface area contributed by atoms with Gasteiger partial charge >= 0.3 is 6.18 Å². The predicted octanol–water partition coefficient (Wildman–Crippen LogP) is 3.26. The summed E-state index contributed by atoms with van der Waals surface area (Å²) in [4.78, 5) is 3.56. The van der Waals surface area contributed by atoms with Gasteiger partial charge in [-0.25, -0.2) is 4.98 Å². The molecule has 1 aromatic rings. The number of hydrogen-bond acceptors (Lipinski definition) is 2. The van der Waals surface area contributed by atoms with Crippen LogP contribution in [0.5, 0.6) is 5.88 Å². The summed E-state index contributed by atoms with van der Waals surface area (Å²) in [5.74, 6) is 0.212. The van der Waals surface area contributed by atoms with Crippen LogP contribution < -0.4 is 4.74 Å². The van der Waals surface area contributed by atoms with E-state index in [0.29, 0.717) is 6.61 Å². The molecule has 0 atom stereocenters. The molecule has 0 bridgehead atoms. The second-order valence-electron chi connectivity index (χ2n) is 2.77. The minimum atomic E-state index is -4.35. The molecule has 0 aliphatic carbocycles. The fourth-order valence-electron chi connectivity index (χ4n) is 0.865. The summed E-state index contributed by atoms with van der Waals surface area (Å²) in [7, 11) is 0. The van der Waals surface area contributed by atoms with Gasteiger partial charge in [0.15, 0.2) is 0 Å². The topological polar surface area (TPSA) is 22.1 Å². The number of halogens is 4. The molecule has 6 heteroatoms. The molecule has 15 heavy (non-hydrogen) atoms. The van der Waals surface area contributed by atoms with Gasteiger partial charge in [0.1, 0.15) is 0 Å². The Bertz CT molecular complexity index is 299. The van der Waals surface area contributed by atoms with Crippen LogP contribution in [-0.4, -0.2) is 16.9 Å². The zero-order valence-corrected chi connectivity index (χ0v) is 9.31. The second-order valence-corrected chi connectivity index (χ2v) is 3.57. The summed E-state index contributed by atoms with van der Waals surface area (Å²) in [6.07, 6.45) is -2.80. The van der Waals surface area contributed by atoms with Crippen molar-refractivity contribution in [1.82, 2.24) is 4.98 Å². The average Bonchev–Trinajstić information content (AvgIpc) is 2.18. The lowest BCUT2D eigenvalue weighted by molar-refractivity contribution is -0.137. The smallest absolute Gasteiger partial charge is 0.417 e. The van der Waals surface area contributed by atoms with Crippen molar-refractivity contribution in [3.63, 3.8) is 0 Å². The Labute approximate surface area is 93.6 Å². The molecule has 0 spiro atoms. The van der Waals surface area contributed by atoms with E-state index in [1.807, 2.05) is 0 Å². The van der Waals surface area contributed by atoms with Crippen molar-refractivity contribution in [2.45, 2.75) is 12.6 Å². The molecular formula is C9H9BrF3NO. The molecule has 2 nitrogen and oxygen atoms in total. The number of rotatable bonds is 4. The highest BCUT2D eigenvalue weighted by molar-refractivity contribution is 9.09. The van der Waals surface area contributed by atoms with E-state index in [4.69, 9.17) is 4.74 Å². The van der Waals surface area contributed by atoms with Crippen LogP contribution in [0.15, 0.2) is 18.3 Å². The lowest BCUT2D eigenvalue weighted by Crippen LogP contribution is -2.06. The van der Waals surface area contributed by atoms with Crippen LogP contribution in [0.25, 0.3) is 0 Å². The van der Waals surface area contributed by atoms with E-state index >= 15 is 0 Å². The summed E-state index contributed by atoms with van der Waals surface area (Å²) in [6, 6.07) is 2.17. The minimum Gasteiger partial charge on any atom is -0.478 e. The van der Waals surface area contributed by atoms with E-state index in [-0.39, 0.29) is 5.88 Å². The first-order valence-electron chi connectivity index (χ1n) is 4.26. The van der Waals surface area contributed by atoms with Gasteiger partial charge in [0.2, 0.25) is 5.88 Å². The van der Waals surface area contributed by atoms with Crippen LogP contribution in [0.2, 0.25) is 0 Å². The molecule has 0 fully saturated rings. The summed E-state index contributed by atoms with van der Waals surface area (Å²) in [5.41, 5.74) is -0.768. The first kappa shape index (κ1) is 12.3. The molecule has 0 unspecified atom stereocenters. The maximum absolute atomic E-state index is 12.1. The fourth-order valence-corrected chi connectivity index (χ4v) is 1.09. The minimum absolute atomic E-state index is 0.212. The Hall–Kier alpha value is -0.780. The maximum Gasteiger partial charge on any atom is 0.417 e. The van der Waals surface area contributed by atoms with Gasteiger partial charge in [-0.2, -0.15) is 13.2 Å². The molecule has 0 aromatic carbocycles. The number of nitrogens with zero attached hydrogens (tertiary/aromatic N) is 1. The highest BCUT2D eigenvalue weighted by Crippen LogP contribution is 2.29. The molecule has 1 aromatic heterocycles. The van der Waals surface area contributed by atoms with Crippen LogP contribution in [0.3, 0.4) is 0 Å². The van der Waals surface area contributed by atoms with Gasteiger partial charge in [-0.15, -0.1) is 0 Å². The van der Waals surface area contributed by atoms with Crippen molar-refractivity contribution in [3.05, 3.63) is 23.9 Å². The summed E-state index contributed by atoms with van der Waals surface area (Å²) < 4.78 is 41.5. The summed E-state index contributed by atoms with van der Waals surface area (Å²) >= 11 is 3.21. The molecule has 0 saturated carbocycles. The molecular weight excluding hydrogens is 275 g/mol. The van der Waals surface area contributed by atoms with Crippen LogP contribution in [-0.2, 0) is 6.18 Å². The molecule has 0 amide bonds. The Morgan fingerprint density at radius 3 is 2.53 bits per heavy atom. The van der Waals surface area contributed by atoms with Gasteiger partial charge in [-0.05, 0) is 12.5 Å². The molecule has 84 valence electrons. The zero-order chi connectivity index (χ0) is 11.3. The second kappa shape index (κ2) is 5.34. The van der Waals surface area contributed by atoms with E-state index in [9.17, 15) is 13.2 Å². The number of ether oxygens (including phenoxy) is 1. The average molecular weight is 284 g/mol. The lowest BCUT2D eigenvalue weighted by Gasteiger charge is -2.07. The van der Waals surface area contributed by atoms with Gasteiger partial charge in [-0.3, -0.25) is 0 Å². The van der Waals surface area contributed by atoms with Gasteiger partial charge in [0.25, 0.3) is 0 Å². The third kappa shape index (κ3) is 4.07. The van der Waals surface area contributed by atoms with Crippen molar-refractivity contribution in [2.75, 3.05) is 11.9 Å². The van der Waals surface area contributed by atoms with Crippen LogP contribution in [0.1, 0.15) is 12.0 Å². The van der Waals surface area contributed by atoms with Crippen molar-refractivity contribution in [1.29, 1.82) is 0 Å². The Kier molecular flexibility index (Phi) is 4.38. The third-order valence-corrected chi connectivity index (χ3v) is 2.15. The SMILES string of the molecule is FC(F)(F)c1ccc(OCCCBr)nc1. The number of pyridine rings is 1. The largest absolute Gasteiger partial charge is 0.478 e. The van der Waals surface area contributed by atoms with Crippen molar-refractivity contribution in [2.24, 2.45) is 0 Å². The first-order valence-corrected chi connectivity index (χ1v) is 5.38. The lowest BCUT2D eigenvalue weighted by atomic mass is 10.3. The normalized spacial score (nSPS) is 11.5. The third-order valence-electron chi connectivity index (χ3n) is 1.59. The monoisotopic (exact) mass is 283 g/mol. The Morgan fingerprint density at radius 1 is 1.33 bits per heavy atom. The summed E-state index contributed by atoms with van der Waals surface area (Å²) in [5, 5.41) is 0.785. The maximum atomic E-state index is 12.1. The van der Waals surface area contributed by atoms with E-state index in [1.165, 1.54) is 6.07 Å². The van der Waals surface area contributed by atoms with Gasteiger partial charge in [0, 0.05) is 17.6 Å². The Balaban J connectivity index is 2.57. The van der Waals surface area contributed by atoms with Crippen molar-refractivity contribution >= 4 is 15.9 Å². The number of alkyl halides is 4. The molecule has 0 radical (unpaired) electrons. The van der Waals surface area contributed by atoms with E-state index in [2.05, 4.69) is 20.9 Å². The van der Waals surface area contributed by atoms with Crippen molar-refractivity contribution < 1.29 is 17.9 Å². The van der Waals surface area contributed by atoms with Crippen molar-refractivity contribution in [3.8, 4) is 5.88 Å². The Morgan fingerprint density at radius 2 is 2.07 bits per heavy atom. The summed E-state index contributed by atoms with van der Waals surface area (Å²) in [6.45, 7) is 0.434. The zero-order valence-electron chi connectivity index (χ0n) is 7.72. The first-order chi connectivity index (χ1) is 7.04. The molecule has 0 N–H and O–H groups in total. The highest BCUT2D eigenvalue weighted by Gasteiger charge is 2.30. The van der Waals surface area contributed by atoms with E-state index < -0.39 is 11.7 Å². The fraction of sp³-hybridized carbons (Fsp3) is 0.444. The van der Waals surface area contributed by atoms with Crippen LogP contribution in [0, 0.1) is 0 Å². The molecule has 1 heterocycles. The highest BCUT2D eigenvalue weighted by atomic mass is 79.9. The van der Waals surface area contributed by atoms with E-state index in [0.717, 1.165) is 24.0 Å². The van der Waals surface area contributed by atoms with Gasteiger partial charge in [-0.1, -0.05) is 15.9 Å². The molecule has 1 rings (SSSR count). The number of aromatic nitrogens is 1. The van der Waals surface area contributed by atoms with Gasteiger partial charge in [0.05, 0.1) is 12.2 Å². The number of hydrogen-bond donors (Lipinski definition) is 0. The predicted molar refractivity (Wildman–Crippen MR) is 53.1 cm³/mol. The van der Waals surface area contributed by atoms with Crippen LogP contribution >= 0.6 is 15.9 Å². The molecule has 0 aliphatic rings. The van der Waals surface area contributed by atoms with Crippen LogP contribution in [0.4, 0.5) is 13.2 Å². The molecule has 0 saturated heterocycles. The van der Waals surface area contributed by atoms with Gasteiger partial charge < -0.3 is 4.74 Å². The van der Waals surface area contributed by atoms with E-state index in [1.54, 1.807) is 0 Å². The molecule has 0 aliphatic heterocycles. The standard InChI is InChI=1S/C9H9BrF3NO/c10-4-1-5-15-8-3-2-7(6-14-8)9(11,12)13/h2-3,6H,1,4-5H2.